The van der Waals surface area contributed by atoms with E-state index >= 15 is 0 Å². The van der Waals surface area contributed by atoms with Crippen LogP contribution in [0.15, 0.2) is 36.4 Å². The smallest absolute Gasteiger partial charge is 0.0802 e. The standard InChI is InChI=1S/C14H16N2S2/c15-16-14(10-4-2-1-3-5-10)13-8-11-9-17-7-6-12(11)18-13/h1-5,8,14,16H,6-7,9,15H2. The molecule has 0 aliphatic carbocycles. The molecule has 0 fully saturated rings. The van der Waals surface area contributed by atoms with Crippen LogP contribution in [0.5, 0.6) is 0 Å². The Morgan fingerprint density at radius 2 is 2.06 bits per heavy atom. The van der Waals surface area contributed by atoms with Crippen molar-refractivity contribution < 1.29 is 0 Å². The Hall–Kier alpha value is -0.810. The molecule has 0 amide bonds. The molecule has 1 unspecified atom stereocenters. The second-order valence-corrected chi connectivity index (χ2v) is 6.68. The van der Waals surface area contributed by atoms with Gasteiger partial charge >= 0.3 is 0 Å². The van der Waals surface area contributed by atoms with Crippen molar-refractivity contribution in [1.82, 2.24) is 5.43 Å². The molecule has 3 rings (SSSR count). The van der Waals surface area contributed by atoms with Gasteiger partial charge in [-0.2, -0.15) is 11.8 Å². The molecule has 18 heavy (non-hydrogen) atoms. The van der Waals surface area contributed by atoms with Gasteiger partial charge in [-0.05, 0) is 29.4 Å². The Balaban J connectivity index is 1.94. The maximum absolute atomic E-state index is 5.75. The van der Waals surface area contributed by atoms with Gasteiger partial charge in [0.25, 0.3) is 0 Å². The van der Waals surface area contributed by atoms with Gasteiger partial charge in [-0.25, -0.2) is 5.43 Å². The monoisotopic (exact) mass is 276 g/mol. The predicted octanol–water partition coefficient (Wildman–Crippen LogP) is 3.09. The Bertz CT molecular complexity index is 498. The first-order valence-electron chi connectivity index (χ1n) is 6.09. The van der Waals surface area contributed by atoms with Gasteiger partial charge in [-0.3, -0.25) is 5.84 Å². The number of benzene rings is 1. The summed E-state index contributed by atoms with van der Waals surface area (Å²) in [5.74, 6) is 8.15. The van der Waals surface area contributed by atoms with Gasteiger partial charge in [0.15, 0.2) is 0 Å². The zero-order chi connectivity index (χ0) is 12.4. The molecule has 1 aromatic carbocycles. The summed E-state index contributed by atoms with van der Waals surface area (Å²) in [5.41, 5.74) is 5.68. The van der Waals surface area contributed by atoms with E-state index in [0.717, 1.165) is 5.75 Å². The number of thiophene rings is 1. The fraction of sp³-hybridized carbons (Fsp3) is 0.286. The van der Waals surface area contributed by atoms with Crippen molar-refractivity contribution in [2.75, 3.05) is 5.75 Å². The van der Waals surface area contributed by atoms with E-state index in [9.17, 15) is 0 Å². The third kappa shape index (κ3) is 2.34. The molecule has 2 nitrogen and oxygen atoms in total. The van der Waals surface area contributed by atoms with E-state index in [-0.39, 0.29) is 6.04 Å². The maximum Gasteiger partial charge on any atom is 0.0802 e. The van der Waals surface area contributed by atoms with Gasteiger partial charge in [-0.1, -0.05) is 30.3 Å². The lowest BCUT2D eigenvalue weighted by atomic mass is 10.1. The van der Waals surface area contributed by atoms with E-state index in [1.165, 1.54) is 28.2 Å². The molecule has 0 saturated carbocycles. The Morgan fingerprint density at radius 3 is 2.78 bits per heavy atom. The van der Waals surface area contributed by atoms with Crippen LogP contribution in [-0.4, -0.2) is 5.75 Å². The summed E-state index contributed by atoms with van der Waals surface area (Å²) in [6, 6.07) is 12.8. The first-order valence-corrected chi connectivity index (χ1v) is 8.06. The zero-order valence-corrected chi connectivity index (χ0v) is 11.7. The number of nitrogens with one attached hydrogen (secondary N) is 1. The lowest BCUT2D eigenvalue weighted by Crippen LogP contribution is -2.28. The van der Waals surface area contributed by atoms with Gasteiger partial charge in [0.05, 0.1) is 6.04 Å². The number of nitrogens with two attached hydrogens (primary N) is 1. The quantitative estimate of drug-likeness (QED) is 0.668. The van der Waals surface area contributed by atoms with Crippen LogP contribution in [0.25, 0.3) is 0 Å². The minimum atomic E-state index is 0.117. The van der Waals surface area contributed by atoms with Gasteiger partial charge < -0.3 is 0 Å². The van der Waals surface area contributed by atoms with E-state index in [4.69, 9.17) is 5.84 Å². The maximum atomic E-state index is 5.75. The second kappa shape index (κ2) is 5.45. The summed E-state index contributed by atoms with van der Waals surface area (Å²) in [7, 11) is 0. The van der Waals surface area contributed by atoms with E-state index in [1.807, 2.05) is 29.2 Å². The molecule has 1 aliphatic rings. The van der Waals surface area contributed by atoms with E-state index < -0.39 is 0 Å². The zero-order valence-electron chi connectivity index (χ0n) is 10.1. The molecule has 0 spiro atoms. The molecule has 0 saturated heterocycles. The summed E-state index contributed by atoms with van der Waals surface area (Å²) < 4.78 is 0. The molecule has 2 heterocycles. The number of aryl methyl sites for hydroxylation is 1. The fourth-order valence-electron chi connectivity index (χ4n) is 2.30. The van der Waals surface area contributed by atoms with Gasteiger partial charge in [0.2, 0.25) is 0 Å². The van der Waals surface area contributed by atoms with Crippen molar-refractivity contribution in [2.24, 2.45) is 5.84 Å². The van der Waals surface area contributed by atoms with Crippen LogP contribution in [0.3, 0.4) is 0 Å². The molecule has 2 aromatic rings. The molecular weight excluding hydrogens is 260 g/mol. The number of thioether (sulfide) groups is 1. The molecule has 94 valence electrons. The van der Waals surface area contributed by atoms with Gasteiger partial charge in [-0.15, -0.1) is 11.3 Å². The van der Waals surface area contributed by atoms with E-state index in [1.54, 1.807) is 4.88 Å². The van der Waals surface area contributed by atoms with Crippen LogP contribution in [0.2, 0.25) is 0 Å². The molecule has 4 heteroatoms. The molecule has 3 N–H and O–H groups in total. The lowest BCUT2D eigenvalue weighted by molar-refractivity contribution is 0.646. The van der Waals surface area contributed by atoms with Gasteiger partial charge in [0, 0.05) is 15.5 Å². The Labute approximate surface area is 116 Å². The number of hydrazine groups is 1. The highest BCUT2D eigenvalue weighted by Gasteiger charge is 2.19. The number of hydrogen-bond acceptors (Lipinski definition) is 4. The Kier molecular flexibility index (Phi) is 3.70. The third-order valence-corrected chi connectivity index (χ3v) is 5.54. The molecule has 1 atom stereocenters. The number of hydrogen-bond donors (Lipinski definition) is 2. The minimum Gasteiger partial charge on any atom is -0.271 e. The van der Waals surface area contributed by atoms with Crippen LogP contribution in [0.4, 0.5) is 0 Å². The van der Waals surface area contributed by atoms with E-state index in [0.29, 0.717) is 0 Å². The SMILES string of the molecule is NNC(c1ccccc1)c1cc2c(s1)CCSC2. The fourth-order valence-corrected chi connectivity index (χ4v) is 4.77. The highest BCUT2D eigenvalue weighted by molar-refractivity contribution is 7.98. The van der Waals surface area contributed by atoms with Crippen molar-refractivity contribution >= 4 is 23.1 Å². The normalized spacial score (nSPS) is 16.3. The van der Waals surface area contributed by atoms with Crippen molar-refractivity contribution in [3.05, 3.63) is 57.3 Å². The Morgan fingerprint density at radius 1 is 1.22 bits per heavy atom. The molecular formula is C14H16N2S2. The minimum absolute atomic E-state index is 0.117. The summed E-state index contributed by atoms with van der Waals surface area (Å²) >= 11 is 3.93. The van der Waals surface area contributed by atoms with Crippen molar-refractivity contribution in [2.45, 2.75) is 18.2 Å². The first kappa shape index (κ1) is 12.2. The summed E-state index contributed by atoms with van der Waals surface area (Å²) in [6.07, 6.45) is 1.21. The summed E-state index contributed by atoms with van der Waals surface area (Å²) in [4.78, 5) is 2.87. The van der Waals surface area contributed by atoms with Crippen molar-refractivity contribution in [1.29, 1.82) is 0 Å². The molecule has 1 aliphatic heterocycles. The summed E-state index contributed by atoms with van der Waals surface area (Å²) in [5, 5.41) is 0. The molecule has 1 aromatic heterocycles. The molecule has 0 bridgehead atoms. The lowest BCUT2D eigenvalue weighted by Gasteiger charge is -2.14. The van der Waals surface area contributed by atoms with Crippen LogP contribution in [-0.2, 0) is 12.2 Å². The van der Waals surface area contributed by atoms with E-state index in [2.05, 4.69) is 35.8 Å². The van der Waals surface area contributed by atoms with Gasteiger partial charge in [0.1, 0.15) is 0 Å². The summed E-state index contributed by atoms with van der Waals surface area (Å²) in [6.45, 7) is 0. The number of fused-ring (bicyclic) bond motifs is 1. The highest BCUT2D eigenvalue weighted by Crippen LogP contribution is 2.36. The van der Waals surface area contributed by atoms with Crippen LogP contribution in [0, 0.1) is 0 Å². The largest absolute Gasteiger partial charge is 0.271 e. The average Bonchev–Trinajstić information content (AvgIpc) is 2.84. The number of rotatable bonds is 3. The van der Waals surface area contributed by atoms with Crippen LogP contribution in [0.1, 0.15) is 26.9 Å². The average molecular weight is 276 g/mol. The van der Waals surface area contributed by atoms with Crippen LogP contribution >= 0.6 is 23.1 Å². The topological polar surface area (TPSA) is 38.0 Å². The second-order valence-electron chi connectivity index (χ2n) is 4.41. The highest BCUT2D eigenvalue weighted by atomic mass is 32.2. The first-order chi connectivity index (χ1) is 8.88. The third-order valence-electron chi connectivity index (χ3n) is 3.23. The predicted molar refractivity (Wildman–Crippen MR) is 79.8 cm³/mol. The van der Waals surface area contributed by atoms with Crippen molar-refractivity contribution in [3.8, 4) is 0 Å². The van der Waals surface area contributed by atoms with Crippen LogP contribution < -0.4 is 11.3 Å². The van der Waals surface area contributed by atoms with Crippen molar-refractivity contribution in [3.63, 3.8) is 0 Å². The molecule has 0 radical (unpaired) electrons.